The fourth-order valence-corrected chi connectivity index (χ4v) is 6.24. The molecule has 220 valence electrons. The van der Waals surface area contributed by atoms with E-state index in [9.17, 15) is 0 Å². The Morgan fingerprint density at radius 1 is 0.404 bits per heavy atom. The van der Waals surface area contributed by atoms with Gasteiger partial charge in [0.15, 0.2) is 23.1 Å². The molecule has 9 aromatic rings. The summed E-state index contributed by atoms with van der Waals surface area (Å²) < 4.78 is 6.46. The summed E-state index contributed by atoms with van der Waals surface area (Å²) in [6.45, 7) is 0. The van der Waals surface area contributed by atoms with Gasteiger partial charge in [0, 0.05) is 45.6 Å². The summed E-state index contributed by atoms with van der Waals surface area (Å²) in [5, 5.41) is 2.06. The topological polar surface area (TPSA) is 77.6 Å². The van der Waals surface area contributed by atoms with Gasteiger partial charge in [0.2, 0.25) is 0 Å². The van der Waals surface area contributed by atoms with Crippen LogP contribution in [0.25, 0.3) is 89.4 Å². The first-order valence-electron chi connectivity index (χ1n) is 15.4. The Kier molecular flexibility index (Phi) is 6.35. The van der Waals surface area contributed by atoms with Crippen molar-refractivity contribution in [2.75, 3.05) is 0 Å². The van der Waals surface area contributed by atoms with E-state index in [1.54, 1.807) is 0 Å². The summed E-state index contributed by atoms with van der Waals surface area (Å²) in [5.41, 5.74) is 9.91. The van der Waals surface area contributed by atoms with E-state index in [1.165, 1.54) is 0 Å². The van der Waals surface area contributed by atoms with Gasteiger partial charge < -0.3 is 4.42 Å². The molecule has 6 heteroatoms. The van der Waals surface area contributed by atoms with E-state index in [2.05, 4.69) is 42.5 Å². The molecular formula is C41H25N5O. The molecule has 0 unspecified atom stereocenters. The molecule has 0 spiro atoms. The van der Waals surface area contributed by atoms with E-state index in [1.807, 2.05) is 109 Å². The van der Waals surface area contributed by atoms with Crippen LogP contribution < -0.4 is 0 Å². The van der Waals surface area contributed by atoms with E-state index in [-0.39, 0.29) is 0 Å². The monoisotopic (exact) mass is 603 g/mol. The maximum atomic E-state index is 6.46. The zero-order valence-electron chi connectivity index (χ0n) is 25.1. The largest absolute Gasteiger partial charge is 0.454 e. The van der Waals surface area contributed by atoms with Crippen molar-refractivity contribution in [2.24, 2.45) is 0 Å². The Hall–Kier alpha value is -6.53. The van der Waals surface area contributed by atoms with Crippen molar-refractivity contribution in [3.05, 3.63) is 152 Å². The lowest BCUT2D eigenvalue weighted by Gasteiger charge is -2.12. The first-order chi connectivity index (χ1) is 23.3. The molecular weight excluding hydrogens is 578 g/mol. The number of furan rings is 1. The number of benzene rings is 5. The third kappa shape index (κ3) is 4.71. The van der Waals surface area contributed by atoms with Gasteiger partial charge in [0.05, 0.1) is 10.9 Å². The van der Waals surface area contributed by atoms with Gasteiger partial charge in [-0.1, -0.05) is 121 Å². The van der Waals surface area contributed by atoms with Crippen LogP contribution in [-0.4, -0.2) is 24.9 Å². The molecule has 0 aliphatic rings. The molecule has 0 bridgehead atoms. The predicted molar refractivity (Wildman–Crippen MR) is 187 cm³/mol. The molecule has 0 saturated heterocycles. The van der Waals surface area contributed by atoms with Crippen LogP contribution in [-0.2, 0) is 0 Å². The smallest absolute Gasteiger partial charge is 0.164 e. The molecule has 0 atom stereocenters. The number of para-hydroxylation sites is 1. The molecule has 4 heterocycles. The quantitative estimate of drug-likeness (QED) is 0.195. The van der Waals surface area contributed by atoms with Crippen LogP contribution in [0.4, 0.5) is 0 Å². The molecule has 6 nitrogen and oxygen atoms in total. The number of rotatable bonds is 5. The van der Waals surface area contributed by atoms with Gasteiger partial charge in [0.25, 0.3) is 0 Å². The highest BCUT2D eigenvalue weighted by atomic mass is 16.3. The maximum Gasteiger partial charge on any atom is 0.164 e. The lowest BCUT2D eigenvalue weighted by Crippen LogP contribution is -2.01. The molecule has 5 aromatic carbocycles. The van der Waals surface area contributed by atoms with Crippen molar-refractivity contribution >= 4 is 33.0 Å². The van der Waals surface area contributed by atoms with Crippen LogP contribution in [0.1, 0.15) is 0 Å². The molecule has 0 aliphatic heterocycles. The first kappa shape index (κ1) is 26.8. The maximum absolute atomic E-state index is 6.46. The highest BCUT2D eigenvalue weighted by Gasteiger charge is 2.19. The van der Waals surface area contributed by atoms with Crippen LogP contribution in [0, 0.1) is 0 Å². The number of hydrogen-bond donors (Lipinski definition) is 0. The van der Waals surface area contributed by atoms with E-state index in [0.717, 1.165) is 66.3 Å². The minimum Gasteiger partial charge on any atom is -0.454 e. The zero-order valence-corrected chi connectivity index (χ0v) is 25.1. The van der Waals surface area contributed by atoms with E-state index in [0.29, 0.717) is 23.1 Å². The summed E-state index contributed by atoms with van der Waals surface area (Å²) in [4.78, 5) is 24.5. The van der Waals surface area contributed by atoms with Gasteiger partial charge in [-0.15, -0.1) is 0 Å². The molecule has 0 N–H and O–H groups in total. The Bertz CT molecular complexity index is 2520. The summed E-state index contributed by atoms with van der Waals surface area (Å²) in [5.74, 6) is 1.82. The van der Waals surface area contributed by atoms with Gasteiger partial charge in [-0.3, -0.25) is 9.97 Å². The van der Waals surface area contributed by atoms with Crippen molar-refractivity contribution in [1.29, 1.82) is 0 Å². The second-order valence-corrected chi connectivity index (χ2v) is 11.3. The average molecular weight is 604 g/mol. The molecule has 0 saturated carbocycles. The van der Waals surface area contributed by atoms with Crippen molar-refractivity contribution in [3.63, 3.8) is 0 Å². The molecule has 0 radical (unpaired) electrons. The lowest BCUT2D eigenvalue weighted by molar-refractivity contribution is 0.668. The standard InChI is InChI=1S/C41H25N5O/c1-3-12-27(13-4-1)39-44-40(28-14-5-2-6-15-28)46-41(45-39)33-19-8-7-18-30(33)29-24-35-38(43-25-29)36-31(20-10-22-34(36)47-35)32-21-9-16-26-17-11-23-42-37(26)32/h1-25H. The average Bonchev–Trinajstić information content (AvgIpc) is 3.53. The zero-order chi connectivity index (χ0) is 31.2. The molecule has 0 amide bonds. The van der Waals surface area contributed by atoms with Crippen LogP contribution >= 0.6 is 0 Å². The fourth-order valence-electron chi connectivity index (χ4n) is 6.24. The first-order valence-corrected chi connectivity index (χ1v) is 15.4. The van der Waals surface area contributed by atoms with Crippen molar-refractivity contribution in [2.45, 2.75) is 0 Å². The van der Waals surface area contributed by atoms with Crippen molar-refractivity contribution in [1.82, 2.24) is 24.9 Å². The number of pyridine rings is 2. The van der Waals surface area contributed by atoms with Crippen LogP contribution in [0.15, 0.2) is 156 Å². The molecule has 9 rings (SSSR count). The van der Waals surface area contributed by atoms with E-state index >= 15 is 0 Å². The second kappa shape index (κ2) is 11.1. The summed E-state index contributed by atoms with van der Waals surface area (Å²) in [7, 11) is 0. The Morgan fingerprint density at radius 3 is 1.79 bits per heavy atom. The van der Waals surface area contributed by atoms with Gasteiger partial charge in [-0.2, -0.15) is 0 Å². The molecule has 0 aliphatic carbocycles. The minimum absolute atomic E-state index is 0.587. The van der Waals surface area contributed by atoms with E-state index in [4.69, 9.17) is 29.3 Å². The highest BCUT2D eigenvalue weighted by molar-refractivity contribution is 6.13. The Balaban J connectivity index is 1.21. The van der Waals surface area contributed by atoms with Gasteiger partial charge in [-0.05, 0) is 29.3 Å². The molecule has 0 fully saturated rings. The predicted octanol–water partition coefficient (Wildman–Crippen LogP) is 10.0. The van der Waals surface area contributed by atoms with Gasteiger partial charge >= 0.3 is 0 Å². The second-order valence-electron chi connectivity index (χ2n) is 11.3. The fraction of sp³-hybridized carbons (Fsp3) is 0. The van der Waals surface area contributed by atoms with E-state index < -0.39 is 0 Å². The normalized spacial score (nSPS) is 11.4. The van der Waals surface area contributed by atoms with Gasteiger partial charge in [-0.25, -0.2) is 15.0 Å². The van der Waals surface area contributed by atoms with Crippen LogP contribution in [0.2, 0.25) is 0 Å². The van der Waals surface area contributed by atoms with Crippen molar-refractivity contribution in [3.8, 4) is 56.4 Å². The lowest BCUT2D eigenvalue weighted by atomic mass is 9.97. The van der Waals surface area contributed by atoms with Crippen LogP contribution in [0.3, 0.4) is 0 Å². The summed E-state index contributed by atoms with van der Waals surface area (Å²) in [6.07, 6.45) is 3.74. The number of hydrogen-bond acceptors (Lipinski definition) is 6. The third-order valence-electron chi connectivity index (χ3n) is 8.44. The third-order valence-corrected chi connectivity index (χ3v) is 8.44. The van der Waals surface area contributed by atoms with Gasteiger partial charge in [0.1, 0.15) is 11.1 Å². The minimum atomic E-state index is 0.587. The number of aromatic nitrogens is 5. The summed E-state index contributed by atoms with van der Waals surface area (Å²) >= 11 is 0. The number of nitrogens with zero attached hydrogens (tertiary/aromatic N) is 5. The molecule has 47 heavy (non-hydrogen) atoms. The van der Waals surface area contributed by atoms with Crippen molar-refractivity contribution < 1.29 is 4.42 Å². The SMILES string of the molecule is c1ccc(-c2nc(-c3ccccc3)nc(-c3ccccc3-c3cnc4c(c3)oc3cccc(-c5cccc6cccnc56)c34)n2)cc1. The molecule has 4 aromatic heterocycles. The van der Waals surface area contributed by atoms with Crippen LogP contribution in [0.5, 0.6) is 0 Å². The summed E-state index contributed by atoms with van der Waals surface area (Å²) in [6, 6.07) is 46.6. The Morgan fingerprint density at radius 2 is 1.02 bits per heavy atom. The highest BCUT2D eigenvalue weighted by Crippen LogP contribution is 2.40. The Labute approximate surface area is 270 Å². The number of fused-ring (bicyclic) bond motifs is 4.